The first kappa shape index (κ1) is 60.3. The van der Waals surface area contributed by atoms with Crippen LogP contribution in [0.5, 0.6) is 0 Å². The van der Waals surface area contributed by atoms with Gasteiger partial charge in [0.05, 0.1) is 0 Å². The first-order valence-corrected chi connectivity index (χ1v) is 36.1. The maximum absolute atomic E-state index is 4.95. The van der Waals surface area contributed by atoms with Crippen molar-refractivity contribution < 1.29 is 0 Å². The molecule has 0 bridgehead atoms. The van der Waals surface area contributed by atoms with Crippen molar-refractivity contribution in [2.75, 3.05) is 0 Å². The van der Waals surface area contributed by atoms with Crippen LogP contribution in [0, 0.1) is 0 Å². The van der Waals surface area contributed by atoms with Crippen molar-refractivity contribution in [1.82, 2.24) is 39.9 Å². The Morgan fingerprint density at radius 3 is 0.625 bits per heavy atom. The van der Waals surface area contributed by atoms with Gasteiger partial charge in [0.1, 0.15) is 0 Å². The standard InChI is InChI=1S/C96H68N8/c1-93(2)75-25-13-9-21-63(75)85-67(45-59(49-79(85)93)89-97-29-17-30-98-89)53-37-57-38-54(68-46-60(90-99-31-18-32-100-90)50-80-86(68)64-22-10-14-26-76(64)94(80,3)4)43-73-74-44-56(70-48-62(92-103-35-20-36-104-92)52-82-88(70)66-24-12-16-28-78(66)96(82,7)8)40-58-39-55(42-72(84(58)74)71(41-53)83(57)73)69-47-61(91-101-33-19-34-102-91)51-81-87(69)65-23-11-15-27-77(65)95(81,5)6/h9-52H,1-8H3. The molecule has 0 spiro atoms. The molecular formula is C96H68N8. The fraction of sp³-hybridized carbons (Fsp3) is 0.125. The van der Waals surface area contributed by atoms with Gasteiger partial charge in [-0.2, -0.15) is 0 Å². The second-order valence-electron chi connectivity index (χ2n) is 31.0. The van der Waals surface area contributed by atoms with E-state index in [1.54, 1.807) is 0 Å². The van der Waals surface area contributed by atoms with Gasteiger partial charge in [0, 0.05) is 93.5 Å². The lowest BCUT2D eigenvalue weighted by molar-refractivity contribution is 0.660. The van der Waals surface area contributed by atoms with Gasteiger partial charge in [-0.25, -0.2) is 39.9 Å². The maximum Gasteiger partial charge on any atom is 0.159 e. The topological polar surface area (TPSA) is 103 Å². The van der Waals surface area contributed by atoms with Crippen molar-refractivity contribution in [3.05, 3.63) is 312 Å². The summed E-state index contributed by atoms with van der Waals surface area (Å²) in [4.78, 5) is 39.6. The number of hydrogen-bond donors (Lipinski definition) is 0. The molecule has 4 aliphatic carbocycles. The molecule has 0 saturated carbocycles. The highest BCUT2D eigenvalue weighted by molar-refractivity contribution is 6.35. The summed E-state index contributed by atoms with van der Waals surface area (Å²) in [5.74, 6) is 2.75. The largest absolute Gasteiger partial charge is 0.237 e. The number of hydrogen-bond acceptors (Lipinski definition) is 8. The van der Waals surface area contributed by atoms with E-state index in [0.717, 1.165) is 99.1 Å². The van der Waals surface area contributed by atoms with Crippen molar-refractivity contribution in [3.63, 3.8) is 0 Å². The Bertz CT molecular complexity index is 5790. The third-order valence-electron chi connectivity index (χ3n) is 23.9. The Kier molecular flexibility index (Phi) is 12.5. The average Bonchev–Trinajstić information content (AvgIpc) is 0.709. The first-order chi connectivity index (χ1) is 50.6. The van der Waals surface area contributed by atoms with Gasteiger partial charge in [0.2, 0.25) is 0 Å². The number of fused-ring (bicyclic) bond motifs is 14. The summed E-state index contributed by atoms with van der Waals surface area (Å²) >= 11 is 0. The molecule has 0 N–H and O–H groups in total. The van der Waals surface area contributed by atoms with Crippen LogP contribution >= 0.6 is 0 Å². The van der Waals surface area contributed by atoms with Crippen LogP contribution in [0.25, 0.3) is 178 Å². The molecule has 8 nitrogen and oxygen atoms in total. The molecule has 0 amide bonds. The average molecular weight is 1330 g/mol. The quantitative estimate of drug-likeness (QED) is 0.109. The van der Waals surface area contributed by atoms with Gasteiger partial charge in [-0.1, -0.05) is 152 Å². The summed E-state index contributed by atoms with van der Waals surface area (Å²) in [6.45, 7) is 19.0. The molecule has 13 aromatic carbocycles. The van der Waals surface area contributed by atoms with E-state index in [0.29, 0.717) is 23.3 Å². The minimum absolute atomic E-state index is 0.329. The highest BCUT2D eigenvalue weighted by atomic mass is 14.9. The summed E-state index contributed by atoms with van der Waals surface area (Å²) < 4.78 is 0. The van der Waals surface area contributed by atoms with E-state index in [1.165, 1.54) is 99.8 Å². The van der Waals surface area contributed by atoms with Crippen LogP contribution < -0.4 is 0 Å². The Hall–Kier alpha value is -12.5. The van der Waals surface area contributed by atoms with Crippen LogP contribution in [0.1, 0.15) is 99.9 Å². The van der Waals surface area contributed by atoms with Gasteiger partial charge in [-0.15, -0.1) is 0 Å². The molecule has 0 atom stereocenters. The monoisotopic (exact) mass is 1330 g/mol. The van der Waals surface area contributed by atoms with E-state index in [4.69, 9.17) is 39.9 Å². The van der Waals surface area contributed by atoms with E-state index in [2.05, 4.69) is 250 Å². The number of nitrogens with zero attached hydrogens (tertiary/aromatic N) is 8. The Morgan fingerprint density at radius 2 is 0.404 bits per heavy atom. The second kappa shape index (κ2) is 21.5. The van der Waals surface area contributed by atoms with Crippen LogP contribution in [0.2, 0.25) is 0 Å². The zero-order valence-electron chi connectivity index (χ0n) is 59.0. The molecule has 0 unspecified atom stereocenters. The lowest BCUT2D eigenvalue weighted by atomic mass is 9.79. The predicted molar refractivity (Wildman–Crippen MR) is 424 cm³/mol. The summed E-state index contributed by atoms with van der Waals surface area (Å²) in [6, 6.07) is 82.6. The highest BCUT2D eigenvalue weighted by Crippen LogP contribution is 2.60. The molecule has 0 radical (unpaired) electrons. The summed E-state index contributed by atoms with van der Waals surface area (Å²) in [6.07, 6.45) is 14.8. The van der Waals surface area contributed by atoms with Crippen molar-refractivity contribution >= 4 is 43.1 Å². The van der Waals surface area contributed by atoms with E-state index < -0.39 is 0 Å². The first-order valence-electron chi connectivity index (χ1n) is 36.1. The molecule has 0 aliphatic heterocycles. The van der Waals surface area contributed by atoms with Gasteiger partial charge in [-0.3, -0.25) is 0 Å². The lowest BCUT2D eigenvalue weighted by Gasteiger charge is -2.24. The molecular weight excluding hydrogens is 1270 g/mol. The third kappa shape index (κ3) is 8.48. The fourth-order valence-corrected chi connectivity index (χ4v) is 19.0. The Morgan fingerprint density at radius 1 is 0.192 bits per heavy atom. The van der Waals surface area contributed by atoms with E-state index in [-0.39, 0.29) is 21.7 Å². The SMILES string of the molecule is CC1(C)c2ccccc2-c2c(-c3cc4cc(-c5cc(-c6ncccn6)cc6c5-c5ccccc5C6(C)C)cc5c6cc(-c7cc(-c8ncccn8)cc8c7-c7ccccc7C8(C)C)cc7cc(-c8cc(-c9ncccn9)cc9c8-c8ccccc8C9(C)C)cc(c(c3)c45)c76)cc(-c3ncccn3)cc21. The lowest BCUT2D eigenvalue weighted by Crippen LogP contribution is -2.15. The van der Waals surface area contributed by atoms with Crippen molar-refractivity contribution in [2.45, 2.75) is 77.0 Å². The fourth-order valence-electron chi connectivity index (χ4n) is 19.0. The zero-order valence-corrected chi connectivity index (χ0v) is 59.0. The van der Waals surface area contributed by atoms with Crippen LogP contribution in [0.3, 0.4) is 0 Å². The summed E-state index contributed by atoms with van der Waals surface area (Å²) in [7, 11) is 0. The number of rotatable bonds is 8. The van der Waals surface area contributed by atoms with E-state index in [9.17, 15) is 0 Å². The van der Waals surface area contributed by atoms with Gasteiger partial charge in [0.15, 0.2) is 23.3 Å². The van der Waals surface area contributed by atoms with Crippen molar-refractivity contribution in [1.29, 1.82) is 0 Å². The molecule has 8 heteroatoms. The van der Waals surface area contributed by atoms with E-state index in [1.807, 2.05) is 73.8 Å². The summed E-state index contributed by atoms with van der Waals surface area (Å²) in [5, 5.41) is 9.27. The molecule has 4 aromatic heterocycles. The van der Waals surface area contributed by atoms with Gasteiger partial charge in [0.25, 0.3) is 0 Å². The van der Waals surface area contributed by atoms with Crippen LogP contribution in [0.4, 0.5) is 0 Å². The predicted octanol–water partition coefficient (Wildman–Crippen LogP) is 23.5. The molecule has 4 heterocycles. The smallest absolute Gasteiger partial charge is 0.159 e. The van der Waals surface area contributed by atoms with Gasteiger partial charge in [-0.05, 0) is 298 Å². The maximum atomic E-state index is 4.95. The Balaban J connectivity index is 0.954. The van der Waals surface area contributed by atoms with Crippen molar-refractivity contribution in [3.8, 4) is 135 Å². The van der Waals surface area contributed by atoms with Crippen LogP contribution in [-0.2, 0) is 21.7 Å². The normalized spacial score (nSPS) is 14.8. The van der Waals surface area contributed by atoms with Crippen molar-refractivity contribution in [2.24, 2.45) is 0 Å². The zero-order chi connectivity index (χ0) is 69.9. The number of benzene rings is 13. The van der Waals surface area contributed by atoms with E-state index >= 15 is 0 Å². The van der Waals surface area contributed by atoms with Crippen LogP contribution in [-0.4, -0.2) is 39.9 Å². The van der Waals surface area contributed by atoms with Gasteiger partial charge < -0.3 is 0 Å². The molecule has 104 heavy (non-hydrogen) atoms. The molecule has 21 rings (SSSR count). The second-order valence-corrected chi connectivity index (χ2v) is 31.0. The molecule has 17 aromatic rings. The molecule has 0 fully saturated rings. The minimum atomic E-state index is -0.329. The minimum Gasteiger partial charge on any atom is -0.237 e. The highest BCUT2D eigenvalue weighted by Gasteiger charge is 2.43. The third-order valence-corrected chi connectivity index (χ3v) is 23.9. The molecule has 0 saturated heterocycles. The Labute approximate surface area is 603 Å². The summed E-state index contributed by atoms with van der Waals surface area (Å²) in [5.41, 5.74) is 31.6. The van der Waals surface area contributed by atoms with Crippen LogP contribution in [0.15, 0.2) is 268 Å². The molecule has 492 valence electrons. The number of aromatic nitrogens is 8. The molecule has 4 aliphatic rings. The van der Waals surface area contributed by atoms with Gasteiger partial charge >= 0.3 is 0 Å².